The summed E-state index contributed by atoms with van der Waals surface area (Å²) in [6, 6.07) is 67.3. The lowest BCUT2D eigenvalue weighted by molar-refractivity contribution is 0.672. The minimum atomic E-state index is 0.839. The summed E-state index contributed by atoms with van der Waals surface area (Å²) in [4.78, 5) is 7.34. The van der Waals surface area contributed by atoms with E-state index in [9.17, 15) is 0 Å². The van der Waals surface area contributed by atoms with Crippen molar-refractivity contribution in [2.45, 2.75) is 0 Å². The summed E-state index contributed by atoms with van der Waals surface area (Å²) >= 11 is 0. The third-order valence-electron chi connectivity index (χ3n) is 10.9. The maximum atomic E-state index is 6.66. The van der Waals surface area contributed by atoms with Gasteiger partial charge in [0.05, 0.1) is 16.6 Å². The van der Waals surface area contributed by atoms with E-state index in [1.165, 1.54) is 49.0 Å². The Bertz CT molecular complexity index is 3230. The predicted molar refractivity (Wildman–Crippen MR) is 227 cm³/mol. The fraction of sp³-hybridized carbons (Fsp3) is 0. The molecule has 3 heteroatoms. The molecule has 11 rings (SSSR count). The maximum absolute atomic E-state index is 6.66. The minimum Gasteiger partial charge on any atom is -0.455 e. The van der Waals surface area contributed by atoms with Crippen LogP contribution in [0.4, 0.5) is 17.1 Å². The van der Waals surface area contributed by atoms with Crippen LogP contribution in [0, 0.1) is 0 Å². The molecule has 9 aromatic carbocycles. The molecule has 0 fully saturated rings. The highest BCUT2D eigenvalue weighted by Crippen LogP contribution is 2.45. The van der Waals surface area contributed by atoms with E-state index < -0.39 is 0 Å². The van der Waals surface area contributed by atoms with Gasteiger partial charge in [0.15, 0.2) is 0 Å². The monoisotopic (exact) mass is 688 g/mol. The zero-order chi connectivity index (χ0) is 35.6. The third kappa shape index (κ3) is 4.79. The van der Waals surface area contributed by atoms with E-state index in [4.69, 9.17) is 9.40 Å². The number of para-hydroxylation sites is 1. The van der Waals surface area contributed by atoms with Crippen LogP contribution in [0.5, 0.6) is 0 Å². The van der Waals surface area contributed by atoms with Gasteiger partial charge in [-0.2, -0.15) is 0 Å². The van der Waals surface area contributed by atoms with Crippen LogP contribution >= 0.6 is 0 Å². The Kier molecular flexibility index (Phi) is 6.86. The lowest BCUT2D eigenvalue weighted by Crippen LogP contribution is -2.11. The van der Waals surface area contributed by atoms with Gasteiger partial charge < -0.3 is 9.32 Å². The smallest absolute Gasteiger partial charge is 0.148 e. The molecular formula is C51H32N2O. The van der Waals surface area contributed by atoms with E-state index in [0.29, 0.717) is 0 Å². The van der Waals surface area contributed by atoms with Gasteiger partial charge in [0, 0.05) is 28.3 Å². The Morgan fingerprint density at radius 2 is 1.09 bits per heavy atom. The topological polar surface area (TPSA) is 29.3 Å². The second-order valence-electron chi connectivity index (χ2n) is 13.9. The van der Waals surface area contributed by atoms with Gasteiger partial charge >= 0.3 is 0 Å². The van der Waals surface area contributed by atoms with Gasteiger partial charge in [-0.3, -0.25) is 4.98 Å². The molecule has 0 saturated carbocycles. The number of aromatic nitrogens is 1. The Morgan fingerprint density at radius 3 is 1.96 bits per heavy atom. The molecule has 0 N–H and O–H groups in total. The van der Waals surface area contributed by atoms with Crippen molar-refractivity contribution in [1.29, 1.82) is 0 Å². The maximum Gasteiger partial charge on any atom is 0.148 e. The van der Waals surface area contributed by atoms with Gasteiger partial charge in [-0.1, -0.05) is 140 Å². The standard InChI is InChI=1S/C51H32N2O/c1-3-17-39-33(12-1)14-10-22-40(39)35-15-9-16-38(30-35)53(48-24-11-23-47-50(48)51-46(32-52-47)44-21-7-8-25-49(44)54-51)37-28-26-34(27-29-37)45-31-36-13-2-4-18-41(36)42-19-5-6-20-43(42)45/h1-32H. The molecule has 0 bridgehead atoms. The van der Waals surface area contributed by atoms with Crippen LogP contribution in [0.1, 0.15) is 0 Å². The third-order valence-corrected chi connectivity index (χ3v) is 10.9. The summed E-state index contributed by atoms with van der Waals surface area (Å²) in [5.41, 5.74) is 10.4. The summed E-state index contributed by atoms with van der Waals surface area (Å²) in [6.45, 7) is 0. The first-order chi connectivity index (χ1) is 26.8. The van der Waals surface area contributed by atoms with E-state index in [2.05, 4.69) is 181 Å². The van der Waals surface area contributed by atoms with Gasteiger partial charge in [0.2, 0.25) is 0 Å². The number of furan rings is 1. The number of fused-ring (bicyclic) bond motifs is 9. The van der Waals surface area contributed by atoms with Crippen molar-refractivity contribution in [3.05, 3.63) is 194 Å². The minimum absolute atomic E-state index is 0.839. The van der Waals surface area contributed by atoms with E-state index in [-0.39, 0.29) is 0 Å². The number of hydrogen-bond donors (Lipinski definition) is 0. The van der Waals surface area contributed by atoms with Crippen molar-refractivity contribution in [3.63, 3.8) is 0 Å². The van der Waals surface area contributed by atoms with Crippen LogP contribution in [-0.4, -0.2) is 4.98 Å². The van der Waals surface area contributed by atoms with Crippen molar-refractivity contribution in [1.82, 2.24) is 4.98 Å². The van der Waals surface area contributed by atoms with Crippen molar-refractivity contribution in [2.24, 2.45) is 0 Å². The van der Waals surface area contributed by atoms with E-state index in [1.807, 2.05) is 18.3 Å². The van der Waals surface area contributed by atoms with E-state index in [0.717, 1.165) is 55.5 Å². The normalized spacial score (nSPS) is 11.7. The zero-order valence-corrected chi connectivity index (χ0v) is 29.3. The molecule has 0 unspecified atom stereocenters. The highest BCUT2D eigenvalue weighted by atomic mass is 16.3. The van der Waals surface area contributed by atoms with Crippen LogP contribution < -0.4 is 4.90 Å². The van der Waals surface area contributed by atoms with Crippen molar-refractivity contribution >= 4 is 82.2 Å². The molecule has 0 aliphatic carbocycles. The highest BCUT2D eigenvalue weighted by molar-refractivity contribution is 6.18. The molecule has 0 amide bonds. The molecule has 0 atom stereocenters. The molecule has 252 valence electrons. The quantitative estimate of drug-likeness (QED) is 0.169. The molecule has 0 aliphatic heterocycles. The van der Waals surface area contributed by atoms with Crippen molar-refractivity contribution in [2.75, 3.05) is 4.90 Å². The summed E-state index contributed by atoms with van der Waals surface area (Å²) in [6.07, 6.45) is 1.95. The number of pyridine rings is 1. The lowest BCUT2D eigenvalue weighted by atomic mass is 9.93. The molecule has 0 aliphatic rings. The summed E-state index contributed by atoms with van der Waals surface area (Å²) in [5.74, 6) is 0. The molecule has 2 aromatic heterocycles. The lowest BCUT2D eigenvalue weighted by Gasteiger charge is -2.27. The SMILES string of the molecule is c1cc(-c2cccc3ccccc23)cc(N(c2ccc(-c3cc4ccccc4c4ccccc34)cc2)c2cccc3ncc4c5ccccc5oc4c23)c1. The average molecular weight is 689 g/mol. The number of benzene rings is 9. The van der Waals surface area contributed by atoms with Crippen LogP contribution in [0.25, 0.3) is 87.4 Å². The molecule has 0 radical (unpaired) electrons. The van der Waals surface area contributed by atoms with E-state index >= 15 is 0 Å². The van der Waals surface area contributed by atoms with Crippen LogP contribution in [0.2, 0.25) is 0 Å². The number of rotatable bonds is 5. The summed E-state index contributed by atoms with van der Waals surface area (Å²) in [7, 11) is 0. The Labute approximate surface area is 312 Å². The zero-order valence-electron chi connectivity index (χ0n) is 29.3. The average Bonchev–Trinajstić information content (AvgIpc) is 3.63. The fourth-order valence-electron chi connectivity index (χ4n) is 8.37. The molecular weight excluding hydrogens is 657 g/mol. The molecule has 54 heavy (non-hydrogen) atoms. The van der Waals surface area contributed by atoms with Crippen LogP contribution in [-0.2, 0) is 0 Å². The van der Waals surface area contributed by atoms with Crippen molar-refractivity contribution in [3.8, 4) is 22.3 Å². The molecule has 0 saturated heterocycles. The van der Waals surface area contributed by atoms with Crippen molar-refractivity contribution < 1.29 is 4.42 Å². The van der Waals surface area contributed by atoms with Gasteiger partial charge in [-0.25, -0.2) is 0 Å². The second kappa shape index (κ2) is 12.2. The van der Waals surface area contributed by atoms with Crippen LogP contribution in [0.3, 0.4) is 0 Å². The predicted octanol–water partition coefficient (Wildman–Crippen LogP) is 14.4. The fourth-order valence-corrected chi connectivity index (χ4v) is 8.37. The highest BCUT2D eigenvalue weighted by Gasteiger charge is 2.21. The summed E-state index contributed by atoms with van der Waals surface area (Å²) < 4.78 is 6.66. The Morgan fingerprint density at radius 1 is 0.407 bits per heavy atom. The summed E-state index contributed by atoms with van der Waals surface area (Å²) in [5, 5.41) is 10.5. The van der Waals surface area contributed by atoms with Gasteiger partial charge in [-0.05, 0) is 103 Å². The first-order valence-corrected chi connectivity index (χ1v) is 18.4. The number of anilines is 3. The second-order valence-corrected chi connectivity index (χ2v) is 13.9. The van der Waals surface area contributed by atoms with Gasteiger partial charge in [0.1, 0.15) is 11.2 Å². The molecule has 3 nitrogen and oxygen atoms in total. The molecule has 0 spiro atoms. The molecule has 2 heterocycles. The molecule has 11 aromatic rings. The first-order valence-electron chi connectivity index (χ1n) is 18.4. The first kappa shape index (κ1) is 30.4. The Balaban J connectivity index is 1.14. The van der Waals surface area contributed by atoms with E-state index in [1.54, 1.807) is 0 Å². The van der Waals surface area contributed by atoms with Crippen LogP contribution in [0.15, 0.2) is 199 Å². The number of nitrogens with zero attached hydrogens (tertiary/aromatic N) is 2. The Hall–Kier alpha value is -7.23. The largest absolute Gasteiger partial charge is 0.455 e. The number of hydrogen-bond acceptors (Lipinski definition) is 3. The van der Waals surface area contributed by atoms with Gasteiger partial charge in [-0.15, -0.1) is 0 Å². The van der Waals surface area contributed by atoms with Gasteiger partial charge in [0.25, 0.3) is 0 Å².